The van der Waals surface area contributed by atoms with E-state index in [9.17, 15) is 23.4 Å². The van der Waals surface area contributed by atoms with Crippen LogP contribution in [0.5, 0.6) is 5.75 Å². The Morgan fingerprint density at radius 1 is 1.12 bits per heavy atom. The highest BCUT2D eigenvalue weighted by Gasteiger charge is 2.56. The highest BCUT2D eigenvalue weighted by molar-refractivity contribution is 7.89. The van der Waals surface area contributed by atoms with E-state index in [1.807, 2.05) is 6.07 Å². The zero-order chi connectivity index (χ0) is 28.8. The van der Waals surface area contributed by atoms with Crippen LogP contribution in [0.1, 0.15) is 79.3 Å². The fourth-order valence-electron chi connectivity index (χ4n) is 7.71. The first-order valence-corrected chi connectivity index (χ1v) is 16.4. The smallest absolute Gasteiger partial charge is 0.335 e. The van der Waals surface area contributed by atoms with Gasteiger partial charge in [-0.2, -0.15) is 0 Å². The fourth-order valence-corrected chi connectivity index (χ4v) is 8.96. The third kappa shape index (κ3) is 5.06. The number of sulfonamides is 1. The summed E-state index contributed by atoms with van der Waals surface area (Å²) in [7, 11) is -3.51. The summed E-state index contributed by atoms with van der Waals surface area (Å²) in [4.78, 5) is 11.7. The van der Waals surface area contributed by atoms with Crippen molar-refractivity contribution in [2.45, 2.75) is 87.1 Å². The van der Waals surface area contributed by atoms with Crippen LogP contribution in [0.2, 0.25) is 0 Å². The molecular weight excluding hydrogens is 540 g/mol. The second kappa shape index (κ2) is 10.7. The number of primary sulfonamides is 1. The molecule has 41 heavy (non-hydrogen) atoms. The van der Waals surface area contributed by atoms with Gasteiger partial charge in [-0.15, -0.1) is 0 Å². The van der Waals surface area contributed by atoms with Crippen LogP contribution < -0.4 is 15.2 Å². The third-order valence-electron chi connectivity index (χ3n) is 10.4. The Balaban J connectivity index is 1.31. The van der Waals surface area contributed by atoms with Gasteiger partial charge in [0.15, 0.2) is 0 Å². The van der Waals surface area contributed by atoms with Crippen molar-refractivity contribution in [1.82, 2.24) is 0 Å². The van der Waals surface area contributed by atoms with Crippen LogP contribution in [0.25, 0.3) is 0 Å². The Kier molecular flexibility index (Phi) is 7.41. The molecule has 0 bridgehead atoms. The third-order valence-corrected chi connectivity index (χ3v) is 11.9. The maximum atomic E-state index is 12.3. The molecule has 5 N–H and O–H groups in total. The second-order valence-corrected chi connectivity index (χ2v) is 14.4. The Labute approximate surface area is 242 Å². The highest BCUT2D eigenvalue weighted by atomic mass is 32.2. The summed E-state index contributed by atoms with van der Waals surface area (Å²) in [5.74, 6) is -0.373. The van der Waals surface area contributed by atoms with E-state index in [4.69, 9.17) is 9.88 Å². The Morgan fingerprint density at radius 3 is 2.61 bits per heavy atom. The molecule has 0 radical (unpaired) electrons. The summed E-state index contributed by atoms with van der Waals surface area (Å²) in [5.41, 5.74) is 2.45. The number of ether oxygens (including phenoxy) is 1. The highest BCUT2D eigenvalue weighted by Crippen LogP contribution is 2.54. The minimum atomic E-state index is -3.51. The number of aliphatic hydroxyl groups excluding tert-OH is 1. The van der Waals surface area contributed by atoms with E-state index in [0.717, 1.165) is 44.9 Å². The summed E-state index contributed by atoms with van der Waals surface area (Å²) in [5, 5.41) is 30.4. The Morgan fingerprint density at radius 2 is 1.93 bits per heavy atom. The van der Waals surface area contributed by atoms with Crippen LogP contribution in [0.4, 0.5) is 5.69 Å². The molecule has 1 aliphatic heterocycles. The van der Waals surface area contributed by atoms with Gasteiger partial charge in [0.1, 0.15) is 11.9 Å². The number of carbonyl (C=O) groups is 1. The molecule has 220 valence electrons. The molecule has 2 aromatic rings. The standard InChI is InChI=1S/C32H40N2O6S/c33-41(38,39)27-14-12-22(27)8-3-4-15-31(16-6-17-31)28(35)29-32(18-5-9-21-7-1-2-10-24(21)32)20-34-25-19-23(30(36)37)11-13-26(25)40-29/h1-4,7,10-11,13,19,22,27-29,34-35H,5-6,8-9,12,14-18,20H2,(H,36,37)(H2,33,38,39)/b4-3+/t22-,27-,28-,29-,32?/m0/s1. The largest absolute Gasteiger partial charge is 0.485 e. The maximum Gasteiger partial charge on any atom is 0.335 e. The van der Waals surface area contributed by atoms with Crippen molar-refractivity contribution in [3.63, 3.8) is 0 Å². The van der Waals surface area contributed by atoms with E-state index in [1.165, 1.54) is 11.1 Å². The predicted molar refractivity (Wildman–Crippen MR) is 158 cm³/mol. The van der Waals surface area contributed by atoms with Gasteiger partial charge >= 0.3 is 5.97 Å². The molecule has 8 nitrogen and oxygen atoms in total. The number of nitrogens with two attached hydrogens (primary N) is 1. The van der Waals surface area contributed by atoms with Crippen molar-refractivity contribution in [1.29, 1.82) is 0 Å². The average Bonchev–Trinajstić information content (AvgIpc) is 3.05. The number of aryl methyl sites for hydroxylation is 1. The van der Waals surface area contributed by atoms with E-state index in [1.54, 1.807) is 18.2 Å². The van der Waals surface area contributed by atoms with E-state index >= 15 is 0 Å². The van der Waals surface area contributed by atoms with Crippen LogP contribution in [-0.2, 0) is 21.9 Å². The monoisotopic (exact) mass is 580 g/mol. The number of benzene rings is 2. The number of carboxylic acid groups (broad SMARTS) is 1. The molecule has 6 rings (SSSR count). The number of aromatic carboxylic acids is 1. The zero-order valence-corrected chi connectivity index (χ0v) is 24.1. The van der Waals surface area contributed by atoms with Crippen LogP contribution in [-0.4, -0.2) is 48.6 Å². The predicted octanol–water partition coefficient (Wildman–Crippen LogP) is 4.77. The number of hydrogen-bond donors (Lipinski definition) is 4. The molecule has 2 aromatic carbocycles. The van der Waals surface area contributed by atoms with Gasteiger partial charge in [-0.1, -0.05) is 42.8 Å². The van der Waals surface area contributed by atoms with Gasteiger partial charge in [0, 0.05) is 12.0 Å². The van der Waals surface area contributed by atoms with Crippen LogP contribution in [0.15, 0.2) is 54.6 Å². The lowest BCUT2D eigenvalue weighted by Gasteiger charge is -2.53. The Hall–Kier alpha value is -2.88. The molecule has 5 atom stereocenters. The van der Waals surface area contributed by atoms with Crippen molar-refractivity contribution in [2.75, 3.05) is 11.9 Å². The van der Waals surface area contributed by atoms with E-state index in [-0.39, 0.29) is 16.9 Å². The number of hydrogen-bond acceptors (Lipinski definition) is 6. The van der Waals surface area contributed by atoms with Crippen molar-refractivity contribution in [3.05, 3.63) is 71.3 Å². The lowest BCUT2D eigenvalue weighted by atomic mass is 9.56. The first kappa shape index (κ1) is 28.2. The first-order chi connectivity index (χ1) is 19.6. The number of nitrogens with one attached hydrogen (secondary N) is 1. The van der Waals surface area contributed by atoms with Crippen LogP contribution in [0, 0.1) is 11.3 Å². The number of rotatable bonds is 8. The fraction of sp³-hybridized carbons (Fsp3) is 0.531. The van der Waals surface area contributed by atoms with Gasteiger partial charge in [-0.05, 0) is 93.0 Å². The van der Waals surface area contributed by atoms with Gasteiger partial charge in [-0.3, -0.25) is 0 Å². The molecule has 9 heteroatoms. The molecule has 2 fully saturated rings. The average molecular weight is 581 g/mol. The molecule has 1 unspecified atom stereocenters. The minimum Gasteiger partial charge on any atom is -0.485 e. The molecule has 0 amide bonds. The van der Waals surface area contributed by atoms with Gasteiger partial charge in [0.05, 0.1) is 28.0 Å². The van der Waals surface area contributed by atoms with Crippen molar-refractivity contribution < 1.29 is 28.2 Å². The number of aliphatic hydroxyl groups is 1. The summed E-state index contributed by atoms with van der Waals surface area (Å²) in [6.45, 7) is 0.532. The SMILES string of the molecule is NS(=O)(=O)[C@H]1CC[C@@H]1C/C=C/CC1([C@@H](O)[C@@H]2Oc3ccc(C(=O)O)cc3NCC23CCCc2ccccc23)CCC1. The molecule has 0 aromatic heterocycles. The normalized spacial score (nSPS) is 29.2. The second-order valence-electron chi connectivity index (χ2n) is 12.6. The number of carboxylic acids is 1. The summed E-state index contributed by atoms with van der Waals surface area (Å²) < 4.78 is 30.4. The lowest BCUT2D eigenvalue weighted by molar-refractivity contribution is -0.115. The number of anilines is 1. The maximum absolute atomic E-state index is 12.3. The quantitative estimate of drug-likeness (QED) is 0.330. The summed E-state index contributed by atoms with van der Waals surface area (Å²) in [6.07, 6.45) is 11.4. The Bertz CT molecular complexity index is 1450. The van der Waals surface area contributed by atoms with Crippen molar-refractivity contribution in [2.24, 2.45) is 16.5 Å². The summed E-state index contributed by atoms with van der Waals surface area (Å²) >= 11 is 0. The van der Waals surface area contributed by atoms with E-state index < -0.39 is 38.9 Å². The summed E-state index contributed by atoms with van der Waals surface area (Å²) in [6, 6.07) is 13.3. The van der Waals surface area contributed by atoms with E-state index in [0.29, 0.717) is 37.2 Å². The molecule has 3 aliphatic carbocycles. The van der Waals surface area contributed by atoms with Gasteiger partial charge in [-0.25, -0.2) is 18.4 Å². The van der Waals surface area contributed by atoms with Crippen LogP contribution in [0.3, 0.4) is 0 Å². The molecule has 2 saturated carbocycles. The van der Waals surface area contributed by atoms with Gasteiger partial charge < -0.3 is 20.3 Å². The van der Waals surface area contributed by atoms with Crippen LogP contribution >= 0.6 is 0 Å². The van der Waals surface area contributed by atoms with Crippen molar-refractivity contribution >= 4 is 21.7 Å². The first-order valence-electron chi connectivity index (χ1n) is 14.8. The zero-order valence-electron chi connectivity index (χ0n) is 23.3. The lowest BCUT2D eigenvalue weighted by Crippen LogP contribution is -2.60. The minimum absolute atomic E-state index is 0.0639. The molecular formula is C32H40N2O6S. The van der Waals surface area contributed by atoms with Crippen molar-refractivity contribution in [3.8, 4) is 5.75 Å². The molecule has 1 heterocycles. The molecule has 1 spiro atoms. The van der Waals surface area contributed by atoms with Gasteiger partial charge in [0.25, 0.3) is 0 Å². The topological polar surface area (TPSA) is 139 Å². The molecule has 0 saturated heterocycles. The van der Waals surface area contributed by atoms with E-state index in [2.05, 4.69) is 35.7 Å². The number of allylic oxidation sites excluding steroid dienone is 2. The van der Waals surface area contributed by atoms with Gasteiger partial charge in [0.2, 0.25) is 10.0 Å². The molecule has 4 aliphatic rings. The number of fused-ring (bicyclic) bond motifs is 3.